The fourth-order valence-corrected chi connectivity index (χ4v) is 2.62. The van der Waals surface area contributed by atoms with Gasteiger partial charge in [0.05, 0.1) is 10.7 Å². The Morgan fingerprint density at radius 1 is 1.75 bits per heavy atom. The largest absolute Gasteiger partial charge is 0.477 e. The number of halogens is 1. The van der Waals surface area contributed by atoms with Gasteiger partial charge in [0.15, 0.2) is 0 Å². The summed E-state index contributed by atoms with van der Waals surface area (Å²) in [6, 6.07) is 0. The van der Waals surface area contributed by atoms with Crippen molar-refractivity contribution in [3.8, 4) is 0 Å². The van der Waals surface area contributed by atoms with Crippen molar-refractivity contribution in [1.29, 1.82) is 0 Å². The third-order valence-corrected chi connectivity index (χ3v) is 3.09. The van der Waals surface area contributed by atoms with Crippen LogP contribution in [0.25, 0.3) is 0 Å². The van der Waals surface area contributed by atoms with E-state index in [0.29, 0.717) is 10.6 Å². The highest BCUT2D eigenvalue weighted by atomic mass is 127. The minimum atomic E-state index is -0.871. The number of carboxylic acids is 1. The van der Waals surface area contributed by atoms with Gasteiger partial charge in [-0.2, -0.15) is 0 Å². The van der Waals surface area contributed by atoms with E-state index in [1.807, 2.05) is 0 Å². The van der Waals surface area contributed by atoms with E-state index in [9.17, 15) is 4.79 Å². The Hall–Kier alpha value is -0.170. The van der Waals surface area contributed by atoms with Crippen molar-refractivity contribution in [1.82, 2.24) is 4.98 Å². The van der Waals surface area contributed by atoms with Crippen LogP contribution in [0.2, 0.25) is 0 Å². The molecule has 0 spiro atoms. The highest BCUT2D eigenvalue weighted by molar-refractivity contribution is 14.1. The van der Waals surface area contributed by atoms with Crippen molar-refractivity contribution in [3.05, 3.63) is 15.6 Å². The molecule has 0 bridgehead atoms. The number of aromatic carboxylic acids is 1. The number of aryl methyl sites for hydroxylation is 2. The molecule has 1 N–H and O–H groups in total. The number of nitrogens with zero attached hydrogens (tertiary/aromatic N) is 1. The van der Waals surface area contributed by atoms with Crippen LogP contribution in [0.1, 0.15) is 20.4 Å². The van der Waals surface area contributed by atoms with Gasteiger partial charge >= 0.3 is 5.97 Å². The van der Waals surface area contributed by atoms with Crippen molar-refractivity contribution in [2.45, 2.75) is 13.3 Å². The van der Waals surface area contributed by atoms with Crippen LogP contribution in [-0.4, -0.2) is 20.5 Å². The predicted molar refractivity (Wildman–Crippen MR) is 56.4 cm³/mol. The maximum Gasteiger partial charge on any atom is 0.347 e. The second kappa shape index (κ2) is 4.18. The molecule has 0 amide bonds. The molecule has 1 rings (SSSR count). The molecule has 1 aromatic heterocycles. The Morgan fingerprint density at radius 2 is 2.42 bits per heavy atom. The lowest BCUT2D eigenvalue weighted by molar-refractivity contribution is 0.0701. The quantitative estimate of drug-likeness (QED) is 0.687. The smallest absolute Gasteiger partial charge is 0.347 e. The van der Waals surface area contributed by atoms with E-state index in [0.717, 1.165) is 15.9 Å². The first-order valence-corrected chi connectivity index (χ1v) is 5.75. The van der Waals surface area contributed by atoms with Crippen LogP contribution < -0.4 is 0 Å². The minimum Gasteiger partial charge on any atom is -0.477 e. The van der Waals surface area contributed by atoms with Gasteiger partial charge in [-0.05, 0) is 6.92 Å². The molecule has 5 heteroatoms. The summed E-state index contributed by atoms with van der Waals surface area (Å²) in [5.74, 6) is -0.871. The molecule has 0 fully saturated rings. The highest BCUT2D eigenvalue weighted by Gasteiger charge is 2.12. The van der Waals surface area contributed by atoms with Crippen LogP contribution in [0.15, 0.2) is 0 Å². The number of hydrogen-bond acceptors (Lipinski definition) is 3. The van der Waals surface area contributed by atoms with Gasteiger partial charge in [-0.25, -0.2) is 9.78 Å². The minimum absolute atomic E-state index is 0.370. The Kier molecular flexibility index (Phi) is 3.45. The average molecular weight is 297 g/mol. The topological polar surface area (TPSA) is 50.2 Å². The first kappa shape index (κ1) is 9.91. The van der Waals surface area contributed by atoms with Crippen molar-refractivity contribution >= 4 is 39.9 Å². The third kappa shape index (κ3) is 2.16. The molecule has 0 aromatic carbocycles. The summed E-state index contributed by atoms with van der Waals surface area (Å²) in [6.45, 7) is 1.73. The first-order chi connectivity index (χ1) is 5.65. The molecule has 12 heavy (non-hydrogen) atoms. The summed E-state index contributed by atoms with van der Waals surface area (Å²) < 4.78 is 0.976. The van der Waals surface area contributed by atoms with E-state index in [1.165, 1.54) is 11.3 Å². The molecule has 0 aliphatic heterocycles. The average Bonchev–Trinajstić information content (AvgIpc) is 2.32. The van der Waals surface area contributed by atoms with Gasteiger partial charge in [0, 0.05) is 10.8 Å². The molecular formula is C7H8INO2S. The monoisotopic (exact) mass is 297 g/mol. The summed E-state index contributed by atoms with van der Waals surface area (Å²) >= 11 is 3.53. The van der Waals surface area contributed by atoms with Crippen LogP contribution in [0.4, 0.5) is 0 Å². The van der Waals surface area contributed by atoms with E-state index in [2.05, 4.69) is 27.6 Å². The second-order valence-electron chi connectivity index (χ2n) is 2.27. The third-order valence-electron chi connectivity index (χ3n) is 1.34. The molecule has 3 nitrogen and oxygen atoms in total. The zero-order valence-corrected chi connectivity index (χ0v) is 9.48. The number of thiazole rings is 1. The van der Waals surface area contributed by atoms with Crippen molar-refractivity contribution < 1.29 is 9.90 Å². The Bertz CT molecular complexity index is 298. The van der Waals surface area contributed by atoms with Crippen molar-refractivity contribution in [2.75, 3.05) is 4.43 Å². The number of rotatable bonds is 3. The molecule has 0 unspecified atom stereocenters. The van der Waals surface area contributed by atoms with Gasteiger partial charge in [0.1, 0.15) is 4.88 Å². The number of aromatic nitrogens is 1. The number of alkyl halides is 1. The molecule has 1 heterocycles. The summed E-state index contributed by atoms with van der Waals surface area (Å²) in [6.07, 6.45) is 0.860. The molecule has 0 radical (unpaired) electrons. The molecular weight excluding hydrogens is 289 g/mol. The summed E-state index contributed by atoms with van der Waals surface area (Å²) in [7, 11) is 0. The van der Waals surface area contributed by atoms with Gasteiger partial charge in [0.2, 0.25) is 0 Å². The Labute approximate surface area is 88.0 Å². The summed E-state index contributed by atoms with van der Waals surface area (Å²) in [4.78, 5) is 15.1. The van der Waals surface area contributed by atoms with Crippen LogP contribution in [0.3, 0.4) is 0 Å². The SMILES string of the molecule is Cc1nc(CCI)sc1C(=O)O. The normalized spacial score (nSPS) is 10.2. The van der Waals surface area contributed by atoms with E-state index < -0.39 is 5.97 Å². The molecule has 0 saturated heterocycles. The van der Waals surface area contributed by atoms with Crippen LogP contribution in [-0.2, 0) is 6.42 Å². The second-order valence-corrected chi connectivity index (χ2v) is 4.43. The van der Waals surface area contributed by atoms with Crippen molar-refractivity contribution in [2.24, 2.45) is 0 Å². The first-order valence-electron chi connectivity index (χ1n) is 3.40. The molecule has 0 aliphatic carbocycles. The number of hydrogen-bond donors (Lipinski definition) is 1. The standard InChI is InChI=1S/C7H8INO2S/c1-4-6(7(10)11)12-5(9-4)2-3-8/h2-3H2,1H3,(H,10,11). The van der Waals surface area contributed by atoms with E-state index >= 15 is 0 Å². The lowest BCUT2D eigenvalue weighted by Gasteiger charge is -1.85. The molecule has 66 valence electrons. The number of carboxylic acid groups (broad SMARTS) is 1. The molecule has 0 saturated carbocycles. The zero-order valence-electron chi connectivity index (χ0n) is 6.50. The lowest BCUT2D eigenvalue weighted by atomic mass is 10.4. The lowest BCUT2D eigenvalue weighted by Crippen LogP contribution is -1.94. The molecule has 1 aromatic rings. The van der Waals surface area contributed by atoms with E-state index in [1.54, 1.807) is 6.92 Å². The predicted octanol–water partition coefficient (Wildman–Crippen LogP) is 2.13. The maximum absolute atomic E-state index is 10.6. The van der Waals surface area contributed by atoms with Crippen LogP contribution in [0, 0.1) is 6.92 Å². The van der Waals surface area contributed by atoms with Gasteiger partial charge in [-0.3, -0.25) is 0 Å². The summed E-state index contributed by atoms with van der Waals surface area (Å²) in [5.41, 5.74) is 0.632. The Morgan fingerprint density at radius 3 is 2.83 bits per heavy atom. The van der Waals surface area contributed by atoms with E-state index in [4.69, 9.17) is 5.11 Å². The highest BCUT2D eigenvalue weighted by Crippen LogP contribution is 2.18. The van der Waals surface area contributed by atoms with Gasteiger partial charge < -0.3 is 5.11 Å². The van der Waals surface area contributed by atoms with E-state index in [-0.39, 0.29) is 0 Å². The van der Waals surface area contributed by atoms with Crippen LogP contribution in [0.5, 0.6) is 0 Å². The number of carbonyl (C=O) groups is 1. The zero-order chi connectivity index (χ0) is 9.14. The maximum atomic E-state index is 10.6. The Balaban J connectivity index is 2.92. The molecule has 0 aliphatic rings. The van der Waals surface area contributed by atoms with Gasteiger partial charge in [-0.1, -0.05) is 22.6 Å². The van der Waals surface area contributed by atoms with Gasteiger partial charge in [-0.15, -0.1) is 11.3 Å². The molecule has 0 atom stereocenters. The fourth-order valence-electron chi connectivity index (χ4n) is 0.838. The van der Waals surface area contributed by atoms with Crippen molar-refractivity contribution in [3.63, 3.8) is 0 Å². The van der Waals surface area contributed by atoms with Crippen LogP contribution >= 0.6 is 33.9 Å². The van der Waals surface area contributed by atoms with Gasteiger partial charge in [0.25, 0.3) is 0 Å². The summed E-state index contributed by atoms with van der Waals surface area (Å²) in [5, 5.41) is 9.63. The fraction of sp³-hybridized carbons (Fsp3) is 0.429.